The van der Waals surface area contributed by atoms with Gasteiger partial charge in [-0.05, 0) is 37.5 Å². The molecular weight excluding hydrogens is 432 g/mol. The SMILES string of the molecule is Cc1c(Cl)ccc2c1NC(=O)[C@@]21[NH2+][C@@H](CCC(N)=O)[C@H]2C(=O)N(C3CCCCC3)C(=O)[C@H]21. The first-order valence-electron chi connectivity index (χ1n) is 11.4. The van der Waals surface area contributed by atoms with E-state index >= 15 is 0 Å². The Morgan fingerprint density at radius 1 is 1.22 bits per heavy atom. The van der Waals surface area contributed by atoms with Crippen LogP contribution in [0.5, 0.6) is 0 Å². The Balaban J connectivity index is 1.62. The number of benzene rings is 1. The third-order valence-corrected chi connectivity index (χ3v) is 8.35. The molecule has 0 bridgehead atoms. The van der Waals surface area contributed by atoms with E-state index in [0.29, 0.717) is 22.7 Å². The summed E-state index contributed by atoms with van der Waals surface area (Å²) >= 11 is 6.29. The minimum atomic E-state index is -1.24. The maximum atomic E-state index is 13.8. The van der Waals surface area contributed by atoms with Gasteiger partial charge in [0, 0.05) is 29.5 Å². The Morgan fingerprint density at radius 2 is 1.94 bits per heavy atom. The van der Waals surface area contributed by atoms with Crippen LogP contribution in [0.1, 0.15) is 56.1 Å². The zero-order chi connectivity index (χ0) is 22.8. The molecule has 0 unspecified atom stereocenters. The number of imide groups is 1. The highest BCUT2D eigenvalue weighted by Gasteiger charge is 2.74. The largest absolute Gasteiger partial charge is 0.370 e. The van der Waals surface area contributed by atoms with Crippen molar-refractivity contribution < 1.29 is 24.5 Å². The number of hydrogen-bond donors (Lipinski definition) is 3. The van der Waals surface area contributed by atoms with Crippen molar-refractivity contribution in [3.05, 3.63) is 28.3 Å². The van der Waals surface area contributed by atoms with Gasteiger partial charge in [-0.25, -0.2) is 0 Å². The van der Waals surface area contributed by atoms with Crippen LogP contribution in [-0.2, 0) is 24.7 Å². The standard InChI is InChI=1S/C23H27ClN4O4/c1-11-14(24)8-7-13-19(11)26-22(32)23(13)18-17(15(27-23)9-10-16(25)29)20(30)28(21(18)31)12-5-3-2-4-6-12/h7-8,12,15,17-18,27H,2-6,9-10H2,1H3,(H2,25,29)(H,26,32)/p+1/t15-,17+,18-,23+/m0/s1. The molecule has 1 aromatic rings. The van der Waals surface area contributed by atoms with Gasteiger partial charge in [-0.1, -0.05) is 30.9 Å². The number of hydrogen-bond acceptors (Lipinski definition) is 4. The number of nitrogens with two attached hydrogens (primary N) is 2. The van der Waals surface area contributed by atoms with Crippen LogP contribution in [0.15, 0.2) is 12.1 Å². The van der Waals surface area contributed by atoms with E-state index in [9.17, 15) is 19.2 Å². The summed E-state index contributed by atoms with van der Waals surface area (Å²) in [7, 11) is 0. The van der Waals surface area contributed by atoms with Crippen LogP contribution in [0.2, 0.25) is 5.02 Å². The molecule has 1 aliphatic carbocycles. The quantitative estimate of drug-likeness (QED) is 0.579. The van der Waals surface area contributed by atoms with Gasteiger partial charge in [-0.3, -0.25) is 24.1 Å². The van der Waals surface area contributed by atoms with Crippen molar-refractivity contribution in [2.24, 2.45) is 17.6 Å². The number of rotatable bonds is 4. The summed E-state index contributed by atoms with van der Waals surface area (Å²) < 4.78 is 0. The summed E-state index contributed by atoms with van der Waals surface area (Å²) in [6, 6.07) is 3.02. The van der Waals surface area contributed by atoms with Crippen molar-refractivity contribution in [3.63, 3.8) is 0 Å². The molecule has 2 saturated heterocycles. The van der Waals surface area contributed by atoms with E-state index in [4.69, 9.17) is 17.3 Å². The average Bonchev–Trinajstić information content (AvgIpc) is 3.35. The normalized spacial score (nSPS) is 31.9. The van der Waals surface area contributed by atoms with E-state index in [1.165, 1.54) is 4.90 Å². The third-order valence-electron chi connectivity index (χ3n) is 7.94. The maximum Gasteiger partial charge on any atom is 0.291 e. The number of carbonyl (C=O) groups is 4. The summed E-state index contributed by atoms with van der Waals surface area (Å²) in [4.78, 5) is 54.0. The van der Waals surface area contributed by atoms with Crippen molar-refractivity contribution >= 4 is 40.9 Å². The van der Waals surface area contributed by atoms with Crippen molar-refractivity contribution in [1.82, 2.24) is 4.90 Å². The average molecular weight is 460 g/mol. The molecule has 4 amide bonds. The lowest BCUT2D eigenvalue weighted by Gasteiger charge is -2.32. The second kappa shape index (κ2) is 7.56. The molecule has 1 saturated carbocycles. The molecule has 9 heteroatoms. The fraction of sp³-hybridized carbons (Fsp3) is 0.565. The highest BCUT2D eigenvalue weighted by molar-refractivity contribution is 6.32. The summed E-state index contributed by atoms with van der Waals surface area (Å²) in [5.41, 5.74) is 6.19. The highest BCUT2D eigenvalue weighted by atomic mass is 35.5. The van der Waals surface area contributed by atoms with E-state index in [2.05, 4.69) is 5.32 Å². The molecule has 0 radical (unpaired) electrons. The van der Waals surface area contributed by atoms with E-state index in [1.807, 2.05) is 12.2 Å². The fourth-order valence-electron chi connectivity index (χ4n) is 6.45. The van der Waals surface area contributed by atoms with Gasteiger partial charge < -0.3 is 16.4 Å². The van der Waals surface area contributed by atoms with Crippen LogP contribution in [0.4, 0.5) is 5.69 Å². The minimum absolute atomic E-state index is 0.0967. The number of primary amides is 1. The monoisotopic (exact) mass is 459 g/mol. The molecule has 3 heterocycles. The molecular formula is C23H28ClN4O4+. The molecule has 32 heavy (non-hydrogen) atoms. The maximum absolute atomic E-state index is 13.8. The summed E-state index contributed by atoms with van der Waals surface area (Å²) in [5, 5.41) is 5.31. The second-order valence-electron chi connectivity index (χ2n) is 9.60. The lowest BCUT2D eigenvalue weighted by atomic mass is 9.76. The molecule has 1 aromatic carbocycles. The molecule has 3 aliphatic heterocycles. The Labute approximate surface area is 191 Å². The highest BCUT2D eigenvalue weighted by Crippen LogP contribution is 2.51. The van der Waals surface area contributed by atoms with Crippen LogP contribution in [-0.4, -0.2) is 40.6 Å². The number of amides is 4. The molecule has 5 N–H and O–H groups in total. The number of quaternary nitrogens is 1. The van der Waals surface area contributed by atoms with Gasteiger partial charge in [0.1, 0.15) is 17.9 Å². The van der Waals surface area contributed by atoms with Crippen LogP contribution >= 0.6 is 11.6 Å². The Morgan fingerprint density at radius 3 is 2.62 bits per heavy atom. The first-order valence-corrected chi connectivity index (χ1v) is 11.8. The lowest BCUT2D eigenvalue weighted by molar-refractivity contribution is -0.734. The zero-order valence-corrected chi connectivity index (χ0v) is 18.8. The van der Waals surface area contributed by atoms with Crippen LogP contribution in [0.3, 0.4) is 0 Å². The number of nitrogens with zero attached hydrogens (tertiary/aromatic N) is 1. The van der Waals surface area contributed by atoms with Gasteiger partial charge in [0.05, 0.1) is 5.69 Å². The van der Waals surface area contributed by atoms with Gasteiger partial charge >= 0.3 is 0 Å². The Kier molecular flexibility index (Phi) is 5.05. The smallest absolute Gasteiger partial charge is 0.291 e. The topological polar surface area (TPSA) is 126 Å². The fourth-order valence-corrected chi connectivity index (χ4v) is 6.60. The van der Waals surface area contributed by atoms with Gasteiger partial charge in [-0.15, -0.1) is 0 Å². The van der Waals surface area contributed by atoms with E-state index in [1.54, 1.807) is 12.1 Å². The van der Waals surface area contributed by atoms with E-state index in [-0.39, 0.29) is 36.2 Å². The van der Waals surface area contributed by atoms with Gasteiger partial charge in [0.25, 0.3) is 5.91 Å². The first kappa shape index (κ1) is 21.4. The Hall–Kier alpha value is -2.45. The van der Waals surface area contributed by atoms with Crippen LogP contribution < -0.4 is 16.4 Å². The zero-order valence-electron chi connectivity index (χ0n) is 18.0. The molecule has 8 nitrogen and oxygen atoms in total. The predicted octanol–water partition coefficient (Wildman–Crippen LogP) is 0.941. The first-order chi connectivity index (χ1) is 15.3. The summed E-state index contributed by atoms with van der Waals surface area (Å²) in [5.74, 6) is -2.70. The van der Waals surface area contributed by atoms with Crippen molar-refractivity contribution in [2.75, 3.05) is 5.32 Å². The van der Waals surface area contributed by atoms with Gasteiger partial charge in [0.15, 0.2) is 0 Å². The summed E-state index contributed by atoms with van der Waals surface area (Å²) in [6.07, 6.45) is 5.12. The molecule has 1 spiro atoms. The second-order valence-corrected chi connectivity index (χ2v) is 10.0. The van der Waals surface area contributed by atoms with E-state index < -0.39 is 23.3 Å². The number of likely N-dealkylation sites (tertiary alicyclic amines) is 1. The Bertz CT molecular complexity index is 1040. The third kappa shape index (κ3) is 2.85. The van der Waals surface area contributed by atoms with Gasteiger partial charge in [0.2, 0.25) is 23.3 Å². The van der Waals surface area contributed by atoms with E-state index in [0.717, 1.165) is 37.7 Å². The van der Waals surface area contributed by atoms with Crippen molar-refractivity contribution in [1.29, 1.82) is 0 Å². The molecule has 170 valence electrons. The van der Waals surface area contributed by atoms with Crippen molar-refractivity contribution in [3.8, 4) is 0 Å². The number of fused-ring (bicyclic) bond motifs is 4. The summed E-state index contributed by atoms with van der Waals surface area (Å²) in [6.45, 7) is 1.83. The van der Waals surface area contributed by atoms with Crippen LogP contribution in [0.25, 0.3) is 0 Å². The number of carbonyl (C=O) groups excluding carboxylic acids is 4. The van der Waals surface area contributed by atoms with Crippen molar-refractivity contribution in [2.45, 2.75) is 69.5 Å². The molecule has 3 fully saturated rings. The number of halogens is 1. The van der Waals surface area contributed by atoms with Crippen LogP contribution in [0, 0.1) is 18.8 Å². The molecule has 4 atom stereocenters. The predicted molar refractivity (Wildman–Crippen MR) is 116 cm³/mol. The van der Waals surface area contributed by atoms with Gasteiger partial charge in [-0.2, -0.15) is 0 Å². The minimum Gasteiger partial charge on any atom is -0.370 e. The molecule has 5 rings (SSSR count). The number of nitrogens with one attached hydrogen (secondary N) is 1. The molecule has 4 aliphatic rings. The molecule has 0 aromatic heterocycles. The number of anilines is 1. The lowest BCUT2D eigenvalue weighted by Crippen LogP contribution is -2.99.